The Morgan fingerprint density at radius 3 is 2.94 bits per heavy atom. The summed E-state index contributed by atoms with van der Waals surface area (Å²) in [5.41, 5.74) is 3.74. The molecule has 1 aliphatic rings. The van der Waals surface area contributed by atoms with Gasteiger partial charge in [0.05, 0.1) is 6.54 Å². The van der Waals surface area contributed by atoms with Crippen molar-refractivity contribution in [3.8, 4) is 0 Å². The normalized spacial score (nSPS) is 19.7. The average molecular weight is 234 g/mol. The van der Waals surface area contributed by atoms with Crippen molar-refractivity contribution in [3.05, 3.63) is 29.3 Å². The van der Waals surface area contributed by atoms with Crippen LogP contribution >= 0.6 is 11.8 Å². The molecule has 0 bridgehead atoms. The highest BCUT2D eigenvalue weighted by atomic mass is 32.2. The zero-order valence-corrected chi connectivity index (χ0v) is 10.9. The molecule has 0 aromatic heterocycles. The summed E-state index contributed by atoms with van der Waals surface area (Å²) in [6, 6.07) is 6.46. The molecule has 2 rings (SSSR count). The molecule has 86 valence electrons. The molecule has 0 fully saturated rings. The molecule has 0 spiro atoms. The highest BCUT2D eigenvalue weighted by Crippen LogP contribution is 2.26. The van der Waals surface area contributed by atoms with E-state index < -0.39 is 0 Å². The zero-order valence-electron chi connectivity index (χ0n) is 10.1. The first-order chi connectivity index (χ1) is 7.69. The topological polar surface area (TPSA) is 24.4 Å². The first-order valence-corrected chi connectivity index (χ1v) is 6.62. The minimum atomic E-state index is 0.660. The molecule has 0 aliphatic carbocycles. The van der Waals surface area contributed by atoms with E-state index >= 15 is 0 Å². The van der Waals surface area contributed by atoms with Crippen LogP contribution < -0.4 is 5.32 Å². The van der Waals surface area contributed by atoms with Gasteiger partial charge in [0.2, 0.25) is 0 Å². The Balaban J connectivity index is 2.07. The van der Waals surface area contributed by atoms with Gasteiger partial charge in [-0.3, -0.25) is 4.99 Å². The third kappa shape index (κ3) is 2.59. The third-order valence-corrected chi connectivity index (χ3v) is 4.08. The van der Waals surface area contributed by atoms with Gasteiger partial charge in [-0.2, -0.15) is 0 Å². The number of anilines is 1. The summed E-state index contributed by atoms with van der Waals surface area (Å²) >= 11 is 1.86. The molecule has 1 aliphatic heterocycles. The van der Waals surface area contributed by atoms with Crippen molar-refractivity contribution in [2.75, 3.05) is 11.9 Å². The second-order valence-electron chi connectivity index (χ2n) is 4.24. The Hall–Kier alpha value is -0.960. The number of benzene rings is 1. The van der Waals surface area contributed by atoms with Gasteiger partial charge >= 0.3 is 0 Å². The predicted molar refractivity (Wildman–Crippen MR) is 73.5 cm³/mol. The van der Waals surface area contributed by atoms with Crippen LogP contribution in [0.1, 0.15) is 24.5 Å². The lowest BCUT2D eigenvalue weighted by Crippen LogP contribution is -2.08. The monoisotopic (exact) mass is 234 g/mol. The fourth-order valence-corrected chi connectivity index (χ4v) is 2.63. The highest BCUT2D eigenvalue weighted by molar-refractivity contribution is 8.15. The quantitative estimate of drug-likeness (QED) is 0.845. The van der Waals surface area contributed by atoms with Gasteiger partial charge < -0.3 is 5.32 Å². The van der Waals surface area contributed by atoms with Gasteiger partial charge in [0, 0.05) is 10.9 Å². The SMILES string of the molecule is CCC1CN=C(Nc2cc(C)ccc2C)S1. The highest BCUT2D eigenvalue weighted by Gasteiger charge is 2.17. The molecule has 0 saturated heterocycles. The summed E-state index contributed by atoms with van der Waals surface area (Å²) in [7, 11) is 0. The van der Waals surface area contributed by atoms with E-state index in [1.54, 1.807) is 0 Å². The van der Waals surface area contributed by atoms with Crippen LogP contribution in [0.4, 0.5) is 5.69 Å². The molecule has 3 heteroatoms. The predicted octanol–water partition coefficient (Wildman–Crippen LogP) is 3.60. The van der Waals surface area contributed by atoms with Crippen molar-refractivity contribution in [2.24, 2.45) is 4.99 Å². The van der Waals surface area contributed by atoms with Gasteiger partial charge in [-0.05, 0) is 37.5 Å². The first kappa shape index (κ1) is 11.5. The third-order valence-electron chi connectivity index (χ3n) is 2.81. The number of amidine groups is 1. The Kier molecular flexibility index (Phi) is 3.54. The number of aliphatic imine (C=N–C) groups is 1. The molecule has 2 nitrogen and oxygen atoms in total. The van der Waals surface area contributed by atoms with Crippen molar-refractivity contribution in [1.29, 1.82) is 0 Å². The van der Waals surface area contributed by atoms with E-state index in [1.807, 2.05) is 11.8 Å². The maximum absolute atomic E-state index is 4.52. The summed E-state index contributed by atoms with van der Waals surface area (Å²) in [5.74, 6) is 0. The number of thioether (sulfide) groups is 1. The minimum absolute atomic E-state index is 0.660. The molecule has 0 saturated carbocycles. The van der Waals surface area contributed by atoms with Crippen LogP contribution in [-0.4, -0.2) is 17.0 Å². The van der Waals surface area contributed by atoms with E-state index in [0.717, 1.165) is 11.7 Å². The summed E-state index contributed by atoms with van der Waals surface area (Å²) in [6.45, 7) is 7.41. The molecular formula is C13H18N2S. The number of nitrogens with zero attached hydrogens (tertiary/aromatic N) is 1. The lowest BCUT2D eigenvalue weighted by Gasteiger charge is -2.10. The fraction of sp³-hybridized carbons (Fsp3) is 0.462. The largest absolute Gasteiger partial charge is 0.335 e. The number of hydrogen-bond donors (Lipinski definition) is 1. The molecule has 0 radical (unpaired) electrons. The van der Waals surface area contributed by atoms with E-state index in [1.165, 1.54) is 23.2 Å². The molecule has 16 heavy (non-hydrogen) atoms. The van der Waals surface area contributed by atoms with E-state index in [2.05, 4.69) is 49.3 Å². The van der Waals surface area contributed by atoms with Crippen LogP contribution in [0.15, 0.2) is 23.2 Å². The van der Waals surface area contributed by atoms with Crippen molar-refractivity contribution in [3.63, 3.8) is 0 Å². The van der Waals surface area contributed by atoms with E-state index in [9.17, 15) is 0 Å². The number of aryl methyl sites for hydroxylation is 2. The average Bonchev–Trinajstić information content (AvgIpc) is 2.71. The first-order valence-electron chi connectivity index (χ1n) is 5.74. The van der Waals surface area contributed by atoms with Crippen LogP contribution in [0.5, 0.6) is 0 Å². The summed E-state index contributed by atoms with van der Waals surface area (Å²) in [5, 5.41) is 5.16. The molecule has 1 unspecified atom stereocenters. The van der Waals surface area contributed by atoms with Gasteiger partial charge in [0.25, 0.3) is 0 Å². The van der Waals surface area contributed by atoms with Crippen molar-refractivity contribution in [1.82, 2.24) is 0 Å². The molecule has 1 aromatic rings. The second-order valence-corrected chi connectivity index (χ2v) is 5.53. The molecule has 0 amide bonds. The maximum atomic E-state index is 4.52. The molecule has 1 heterocycles. The van der Waals surface area contributed by atoms with Gasteiger partial charge in [-0.1, -0.05) is 30.8 Å². The van der Waals surface area contributed by atoms with E-state index in [0.29, 0.717) is 5.25 Å². The van der Waals surface area contributed by atoms with Crippen molar-refractivity contribution >= 4 is 22.6 Å². The van der Waals surface area contributed by atoms with E-state index in [-0.39, 0.29) is 0 Å². The summed E-state index contributed by atoms with van der Waals surface area (Å²) in [4.78, 5) is 4.52. The summed E-state index contributed by atoms with van der Waals surface area (Å²) in [6.07, 6.45) is 1.19. The molecular weight excluding hydrogens is 216 g/mol. The summed E-state index contributed by atoms with van der Waals surface area (Å²) < 4.78 is 0. The van der Waals surface area contributed by atoms with Gasteiger partial charge in [0.15, 0.2) is 5.17 Å². The standard InChI is InChI=1S/C13H18N2S/c1-4-11-8-14-13(16-11)15-12-7-9(2)5-6-10(12)3/h5-7,11H,4,8H2,1-3H3,(H,14,15). The smallest absolute Gasteiger partial charge is 0.161 e. The van der Waals surface area contributed by atoms with Gasteiger partial charge in [-0.15, -0.1) is 0 Å². The zero-order chi connectivity index (χ0) is 11.5. The number of hydrogen-bond acceptors (Lipinski definition) is 3. The van der Waals surface area contributed by atoms with Crippen LogP contribution in [0.25, 0.3) is 0 Å². The van der Waals surface area contributed by atoms with Crippen LogP contribution in [0.3, 0.4) is 0 Å². The maximum Gasteiger partial charge on any atom is 0.161 e. The van der Waals surface area contributed by atoms with Crippen molar-refractivity contribution in [2.45, 2.75) is 32.4 Å². The lowest BCUT2D eigenvalue weighted by molar-refractivity contribution is 0.843. The Morgan fingerprint density at radius 2 is 2.25 bits per heavy atom. The second kappa shape index (κ2) is 4.91. The molecule has 1 aromatic carbocycles. The Morgan fingerprint density at radius 1 is 1.44 bits per heavy atom. The molecule has 1 atom stereocenters. The Labute approximate surface area is 102 Å². The van der Waals surface area contributed by atoms with Gasteiger partial charge in [-0.25, -0.2) is 0 Å². The number of nitrogens with one attached hydrogen (secondary N) is 1. The van der Waals surface area contributed by atoms with Crippen LogP contribution in [-0.2, 0) is 0 Å². The van der Waals surface area contributed by atoms with Gasteiger partial charge in [0.1, 0.15) is 0 Å². The Bertz CT molecular complexity index is 412. The van der Waals surface area contributed by atoms with Crippen LogP contribution in [0, 0.1) is 13.8 Å². The van der Waals surface area contributed by atoms with Crippen molar-refractivity contribution < 1.29 is 0 Å². The lowest BCUT2D eigenvalue weighted by atomic mass is 10.1. The number of rotatable bonds is 2. The fourth-order valence-electron chi connectivity index (χ4n) is 1.68. The minimum Gasteiger partial charge on any atom is -0.335 e. The van der Waals surface area contributed by atoms with E-state index in [4.69, 9.17) is 0 Å². The van der Waals surface area contributed by atoms with Crippen LogP contribution in [0.2, 0.25) is 0 Å². The molecule has 1 N–H and O–H groups in total.